The molecule has 0 radical (unpaired) electrons. The smallest absolute Gasteiger partial charge is 0.255 e. The Kier molecular flexibility index (Phi) is 6.74. The van der Waals surface area contributed by atoms with E-state index in [0.717, 1.165) is 55.9 Å². The number of aryl methyl sites for hydroxylation is 1. The zero-order valence-corrected chi connectivity index (χ0v) is 20.1. The summed E-state index contributed by atoms with van der Waals surface area (Å²) >= 11 is 0. The van der Waals surface area contributed by atoms with Gasteiger partial charge in [-0.2, -0.15) is 0 Å². The number of hydrogen-bond acceptors (Lipinski definition) is 6. The van der Waals surface area contributed by atoms with E-state index in [-0.39, 0.29) is 5.91 Å². The lowest BCUT2D eigenvalue weighted by molar-refractivity contribution is 0.102. The number of likely N-dealkylation sites (N-methyl/N-ethyl adjacent to an activating group) is 1. The van der Waals surface area contributed by atoms with Crippen molar-refractivity contribution in [2.24, 2.45) is 0 Å². The molecule has 3 heterocycles. The molecular formula is C27H30N6O2. The Morgan fingerprint density at radius 2 is 1.80 bits per heavy atom. The van der Waals surface area contributed by atoms with E-state index >= 15 is 0 Å². The van der Waals surface area contributed by atoms with Crippen LogP contribution in [0.2, 0.25) is 0 Å². The minimum atomic E-state index is -0.187. The molecule has 0 spiro atoms. The predicted molar refractivity (Wildman–Crippen MR) is 137 cm³/mol. The van der Waals surface area contributed by atoms with Crippen LogP contribution in [-0.4, -0.2) is 63.4 Å². The Bertz CT molecular complexity index is 1310. The van der Waals surface area contributed by atoms with Crippen LogP contribution in [0.1, 0.15) is 28.4 Å². The van der Waals surface area contributed by atoms with Gasteiger partial charge in [0.25, 0.3) is 5.91 Å². The van der Waals surface area contributed by atoms with Crippen molar-refractivity contribution in [3.8, 4) is 11.6 Å². The van der Waals surface area contributed by atoms with Crippen LogP contribution in [0.3, 0.4) is 0 Å². The number of amides is 1. The first kappa shape index (κ1) is 23.0. The number of carbonyl (C=O) groups excluding carboxylic acids is 1. The summed E-state index contributed by atoms with van der Waals surface area (Å²) in [6.45, 7) is 10.6. The molecule has 1 amide bonds. The molecule has 4 aromatic rings. The van der Waals surface area contributed by atoms with E-state index in [1.807, 2.05) is 31.2 Å². The molecule has 1 aliphatic heterocycles. The lowest BCUT2D eigenvalue weighted by atomic mass is 10.1. The van der Waals surface area contributed by atoms with Crippen molar-refractivity contribution in [2.75, 3.05) is 38.0 Å². The summed E-state index contributed by atoms with van der Waals surface area (Å²) in [6, 6.07) is 15.4. The van der Waals surface area contributed by atoms with Gasteiger partial charge in [-0.15, -0.1) is 0 Å². The summed E-state index contributed by atoms with van der Waals surface area (Å²) in [6.07, 6.45) is 3.25. The summed E-state index contributed by atoms with van der Waals surface area (Å²) in [5.74, 6) is 0.841. The minimum absolute atomic E-state index is 0.187. The van der Waals surface area contributed by atoms with E-state index < -0.39 is 0 Å². The van der Waals surface area contributed by atoms with E-state index in [1.54, 1.807) is 18.3 Å². The fourth-order valence-electron chi connectivity index (χ4n) is 4.30. The van der Waals surface area contributed by atoms with Crippen LogP contribution < -0.4 is 10.1 Å². The van der Waals surface area contributed by atoms with E-state index in [1.165, 1.54) is 11.9 Å². The number of nitrogens with zero attached hydrogens (tertiary/aromatic N) is 4. The van der Waals surface area contributed by atoms with Gasteiger partial charge < -0.3 is 19.9 Å². The van der Waals surface area contributed by atoms with Crippen molar-refractivity contribution in [1.29, 1.82) is 0 Å². The normalized spacial score (nSPS) is 14.8. The van der Waals surface area contributed by atoms with E-state index in [0.29, 0.717) is 22.8 Å². The van der Waals surface area contributed by atoms with Gasteiger partial charge >= 0.3 is 0 Å². The Labute approximate surface area is 204 Å². The van der Waals surface area contributed by atoms with Gasteiger partial charge in [0.05, 0.1) is 5.39 Å². The number of rotatable bonds is 7. The minimum Gasteiger partial charge on any atom is -0.438 e. The molecule has 2 N–H and O–H groups in total. The number of H-pyrrole nitrogens is 1. The number of benzene rings is 2. The van der Waals surface area contributed by atoms with Crippen molar-refractivity contribution in [3.63, 3.8) is 0 Å². The van der Waals surface area contributed by atoms with Crippen LogP contribution in [0.5, 0.6) is 11.6 Å². The standard InChI is InChI=1S/C27H30N6O2/c1-3-32-12-14-33(15-13-32)17-20-5-8-22(9-6-20)31-26(34)21-7-4-19(2)24(16-21)35-27-23-10-11-28-25(23)29-18-30-27/h4-11,16,18H,3,12-15,17H2,1-2H3,(H,31,34)(H,28,29,30). The highest BCUT2D eigenvalue weighted by molar-refractivity contribution is 6.04. The lowest BCUT2D eigenvalue weighted by Crippen LogP contribution is -2.45. The first-order valence-electron chi connectivity index (χ1n) is 12.0. The largest absolute Gasteiger partial charge is 0.438 e. The fourth-order valence-corrected chi connectivity index (χ4v) is 4.30. The molecule has 1 fully saturated rings. The van der Waals surface area contributed by atoms with Crippen LogP contribution in [0.15, 0.2) is 61.1 Å². The SMILES string of the molecule is CCN1CCN(Cc2ccc(NC(=O)c3ccc(C)c(Oc4ncnc5[nH]ccc45)c3)cc2)CC1. The summed E-state index contributed by atoms with van der Waals surface area (Å²) < 4.78 is 6.06. The maximum Gasteiger partial charge on any atom is 0.255 e. The van der Waals surface area contributed by atoms with E-state index in [9.17, 15) is 4.79 Å². The van der Waals surface area contributed by atoms with Gasteiger partial charge in [-0.05, 0) is 54.9 Å². The van der Waals surface area contributed by atoms with Gasteiger partial charge in [-0.25, -0.2) is 9.97 Å². The summed E-state index contributed by atoms with van der Waals surface area (Å²) in [7, 11) is 0. The van der Waals surface area contributed by atoms with Crippen LogP contribution in [0.4, 0.5) is 5.69 Å². The molecule has 2 aromatic carbocycles. The number of anilines is 1. The molecule has 35 heavy (non-hydrogen) atoms. The van der Waals surface area contributed by atoms with E-state index in [4.69, 9.17) is 4.74 Å². The van der Waals surface area contributed by atoms with Crippen LogP contribution in [0.25, 0.3) is 11.0 Å². The molecule has 0 bridgehead atoms. The number of fused-ring (bicyclic) bond motifs is 1. The molecule has 2 aromatic heterocycles. The quantitative estimate of drug-likeness (QED) is 0.415. The topological polar surface area (TPSA) is 86.4 Å². The molecule has 0 unspecified atom stereocenters. The molecule has 8 nitrogen and oxygen atoms in total. The van der Waals surface area contributed by atoms with Gasteiger partial charge in [-0.3, -0.25) is 9.69 Å². The third kappa shape index (κ3) is 5.34. The number of hydrogen-bond donors (Lipinski definition) is 2. The molecule has 1 saturated heterocycles. The maximum absolute atomic E-state index is 13.0. The average molecular weight is 471 g/mol. The summed E-state index contributed by atoms with van der Waals surface area (Å²) in [5.41, 5.74) is 4.14. The predicted octanol–water partition coefficient (Wildman–Crippen LogP) is 4.45. The highest BCUT2D eigenvalue weighted by Crippen LogP contribution is 2.29. The molecule has 8 heteroatoms. The number of nitrogens with one attached hydrogen (secondary N) is 2. The molecule has 5 rings (SSSR count). The number of carbonyl (C=O) groups is 1. The second-order valence-electron chi connectivity index (χ2n) is 8.86. The van der Waals surface area contributed by atoms with Crippen molar-refractivity contribution < 1.29 is 9.53 Å². The number of piperazine rings is 1. The first-order chi connectivity index (χ1) is 17.1. The van der Waals surface area contributed by atoms with Crippen molar-refractivity contribution >= 4 is 22.6 Å². The van der Waals surface area contributed by atoms with Crippen LogP contribution in [0, 0.1) is 6.92 Å². The van der Waals surface area contributed by atoms with Crippen molar-refractivity contribution in [2.45, 2.75) is 20.4 Å². The van der Waals surface area contributed by atoms with Crippen LogP contribution in [-0.2, 0) is 6.54 Å². The zero-order chi connectivity index (χ0) is 24.2. The van der Waals surface area contributed by atoms with Crippen molar-refractivity contribution in [3.05, 3.63) is 77.7 Å². The maximum atomic E-state index is 13.0. The number of ether oxygens (including phenoxy) is 1. The molecule has 0 aliphatic carbocycles. The zero-order valence-electron chi connectivity index (χ0n) is 20.1. The summed E-state index contributed by atoms with van der Waals surface area (Å²) in [4.78, 5) is 29.4. The fraction of sp³-hybridized carbons (Fsp3) is 0.296. The third-order valence-corrected chi connectivity index (χ3v) is 6.50. The van der Waals surface area contributed by atoms with E-state index in [2.05, 4.69) is 49.1 Å². The van der Waals surface area contributed by atoms with Gasteiger partial charge in [-0.1, -0.05) is 25.1 Å². The Morgan fingerprint density at radius 1 is 1.03 bits per heavy atom. The number of aromatic nitrogens is 3. The first-order valence-corrected chi connectivity index (χ1v) is 12.0. The van der Waals surface area contributed by atoms with Gasteiger partial charge in [0.15, 0.2) is 0 Å². The van der Waals surface area contributed by atoms with Crippen LogP contribution >= 0.6 is 0 Å². The van der Waals surface area contributed by atoms with Crippen molar-refractivity contribution in [1.82, 2.24) is 24.8 Å². The lowest BCUT2D eigenvalue weighted by Gasteiger charge is -2.34. The highest BCUT2D eigenvalue weighted by Gasteiger charge is 2.16. The Hall–Kier alpha value is -3.75. The molecular weight excluding hydrogens is 440 g/mol. The van der Waals surface area contributed by atoms with Gasteiger partial charge in [0, 0.05) is 50.2 Å². The average Bonchev–Trinajstić information content (AvgIpc) is 3.37. The Morgan fingerprint density at radius 3 is 2.57 bits per heavy atom. The Balaban J connectivity index is 1.23. The molecule has 0 atom stereocenters. The monoisotopic (exact) mass is 470 g/mol. The second-order valence-corrected chi connectivity index (χ2v) is 8.86. The van der Waals surface area contributed by atoms with Gasteiger partial charge in [0.1, 0.15) is 17.7 Å². The summed E-state index contributed by atoms with van der Waals surface area (Å²) in [5, 5.41) is 3.78. The molecule has 180 valence electrons. The second kappa shape index (κ2) is 10.2. The van der Waals surface area contributed by atoms with Gasteiger partial charge in [0.2, 0.25) is 5.88 Å². The molecule has 1 aliphatic rings. The third-order valence-electron chi connectivity index (χ3n) is 6.50. The molecule has 0 saturated carbocycles. The highest BCUT2D eigenvalue weighted by atomic mass is 16.5. The number of aromatic amines is 1.